The van der Waals surface area contributed by atoms with Crippen LogP contribution in [0.5, 0.6) is 0 Å². The van der Waals surface area contributed by atoms with E-state index in [2.05, 4.69) is 34.6 Å². The number of nitrogens with one attached hydrogen (secondary N) is 1. The van der Waals surface area contributed by atoms with Gasteiger partial charge in [-0.1, -0.05) is 98.3 Å². The minimum Gasteiger partial charge on any atom is -0.457 e. The van der Waals surface area contributed by atoms with E-state index in [4.69, 9.17) is 14.0 Å². The second-order valence-electron chi connectivity index (χ2n) is 11.7. The molecule has 0 spiro atoms. The highest BCUT2D eigenvalue weighted by Gasteiger charge is 2.25. The summed E-state index contributed by atoms with van der Waals surface area (Å²) < 4.78 is 29.3. The molecule has 0 fully saturated rings. The average Bonchev–Trinajstić information content (AvgIpc) is 2.89. The van der Waals surface area contributed by atoms with Crippen LogP contribution < -0.4 is 4.90 Å². The number of ether oxygens (including phenoxy) is 2. The van der Waals surface area contributed by atoms with Crippen LogP contribution >= 0.6 is 7.60 Å². The van der Waals surface area contributed by atoms with E-state index < -0.39 is 13.7 Å². The van der Waals surface area contributed by atoms with Gasteiger partial charge in [-0.05, 0) is 38.5 Å². The van der Waals surface area contributed by atoms with E-state index in [9.17, 15) is 14.3 Å². The molecule has 0 aliphatic heterocycles. The van der Waals surface area contributed by atoms with Gasteiger partial charge in [0.1, 0.15) is 6.10 Å². The van der Waals surface area contributed by atoms with Crippen LogP contribution in [0.25, 0.3) is 0 Å². The summed E-state index contributed by atoms with van der Waals surface area (Å²) in [5.74, 6) is 0.734. The van der Waals surface area contributed by atoms with Crippen LogP contribution in [0.15, 0.2) is 0 Å². The summed E-state index contributed by atoms with van der Waals surface area (Å²) in [6, 6.07) is 0. The highest BCUT2D eigenvalue weighted by molar-refractivity contribution is 7.52. The van der Waals surface area contributed by atoms with Crippen molar-refractivity contribution in [2.75, 3.05) is 45.6 Å². The molecule has 0 radical (unpaired) electrons. The average molecular weight is 579 g/mol. The summed E-state index contributed by atoms with van der Waals surface area (Å²) in [6.45, 7) is 15.8. The van der Waals surface area contributed by atoms with Crippen molar-refractivity contribution >= 4 is 13.6 Å². The molecule has 0 saturated carbocycles. The van der Waals surface area contributed by atoms with Crippen molar-refractivity contribution in [2.45, 2.75) is 138 Å². The zero-order valence-electron chi connectivity index (χ0n) is 26.5. The lowest BCUT2D eigenvalue weighted by Gasteiger charge is -2.22. The highest BCUT2D eigenvalue weighted by Crippen LogP contribution is 2.41. The smallest absolute Gasteiger partial charge is 0.333 e. The number of rotatable bonds is 28. The van der Waals surface area contributed by atoms with Crippen molar-refractivity contribution < 1.29 is 33.2 Å². The van der Waals surface area contributed by atoms with E-state index in [-0.39, 0.29) is 25.3 Å². The maximum Gasteiger partial charge on any atom is 0.333 e. The molecule has 0 bridgehead atoms. The summed E-state index contributed by atoms with van der Waals surface area (Å²) in [7, 11) is -3.75. The standard InChI is InChI=1S/C31H64NO6P/c1-7-11-12-13-14-15-16-17-18-19-21-28(5)24-29(6)25-36-26-30(38-31(33)20-8-2)27-37-39(34,35)23-22-32(9-3)10-4/h28-30H,7-27H2,1-6H3,(H,34,35)/p+1. The van der Waals surface area contributed by atoms with Gasteiger partial charge in [0, 0.05) is 13.0 Å². The second-order valence-corrected chi connectivity index (χ2v) is 13.7. The van der Waals surface area contributed by atoms with Gasteiger partial charge in [-0.15, -0.1) is 0 Å². The van der Waals surface area contributed by atoms with Gasteiger partial charge in [-0.2, -0.15) is 0 Å². The van der Waals surface area contributed by atoms with Gasteiger partial charge in [0.25, 0.3) is 0 Å². The molecule has 0 amide bonds. The summed E-state index contributed by atoms with van der Waals surface area (Å²) in [5.41, 5.74) is 0. The van der Waals surface area contributed by atoms with Crippen LogP contribution in [-0.4, -0.2) is 62.6 Å². The van der Waals surface area contributed by atoms with Crippen molar-refractivity contribution in [2.24, 2.45) is 11.8 Å². The molecule has 2 N–H and O–H groups in total. The monoisotopic (exact) mass is 578 g/mol. The van der Waals surface area contributed by atoms with Crippen molar-refractivity contribution in [3.05, 3.63) is 0 Å². The molecule has 0 aliphatic rings. The first kappa shape index (κ1) is 38.5. The molecule has 7 nitrogen and oxygen atoms in total. The molecule has 0 saturated heterocycles. The largest absolute Gasteiger partial charge is 0.457 e. The predicted molar refractivity (Wildman–Crippen MR) is 163 cm³/mol. The van der Waals surface area contributed by atoms with Gasteiger partial charge in [-0.3, -0.25) is 9.36 Å². The van der Waals surface area contributed by atoms with Crippen LogP contribution in [0.3, 0.4) is 0 Å². The lowest BCUT2D eigenvalue weighted by Crippen LogP contribution is -3.11. The molecular weight excluding hydrogens is 513 g/mol. The molecule has 0 aromatic rings. The fraction of sp³-hybridized carbons (Fsp3) is 0.968. The third kappa shape index (κ3) is 23.9. The SMILES string of the molecule is CCCCCCCCCCCCC(C)CC(C)COCC(COP(=O)(O)CC[NH+](CC)CC)OC(=O)CCC. The Labute approximate surface area is 241 Å². The number of carbonyl (C=O) groups excluding carboxylic acids is 1. The molecule has 4 unspecified atom stereocenters. The van der Waals surface area contributed by atoms with E-state index >= 15 is 0 Å². The maximum absolute atomic E-state index is 12.5. The topological polar surface area (TPSA) is 86.5 Å². The predicted octanol–water partition coefficient (Wildman–Crippen LogP) is 6.81. The van der Waals surface area contributed by atoms with Gasteiger partial charge < -0.3 is 23.8 Å². The molecule has 0 aromatic heterocycles. The first-order valence-corrected chi connectivity index (χ1v) is 18.0. The Bertz CT molecular complexity index is 616. The van der Waals surface area contributed by atoms with E-state index in [1.807, 2.05) is 6.92 Å². The number of hydrogen-bond acceptors (Lipinski definition) is 5. The Morgan fingerprint density at radius 3 is 1.95 bits per heavy atom. The lowest BCUT2D eigenvalue weighted by atomic mass is 9.93. The third-order valence-corrected chi connectivity index (χ3v) is 8.86. The van der Waals surface area contributed by atoms with Crippen LogP contribution in [0.2, 0.25) is 0 Å². The molecule has 0 heterocycles. The van der Waals surface area contributed by atoms with Crippen molar-refractivity contribution in [1.29, 1.82) is 0 Å². The Morgan fingerprint density at radius 2 is 1.38 bits per heavy atom. The minimum atomic E-state index is -3.75. The van der Waals surface area contributed by atoms with Gasteiger partial charge in [0.15, 0.2) is 0 Å². The van der Waals surface area contributed by atoms with Crippen molar-refractivity contribution in [3.8, 4) is 0 Å². The molecule has 8 heteroatoms. The Kier molecular flexibility index (Phi) is 25.0. The zero-order valence-corrected chi connectivity index (χ0v) is 27.4. The van der Waals surface area contributed by atoms with Gasteiger partial charge >= 0.3 is 13.6 Å². The van der Waals surface area contributed by atoms with E-state index in [0.717, 1.165) is 19.5 Å². The minimum absolute atomic E-state index is 0.0917. The van der Waals surface area contributed by atoms with Crippen LogP contribution in [-0.2, 0) is 23.4 Å². The molecule has 0 aliphatic carbocycles. The van der Waals surface area contributed by atoms with Gasteiger partial charge in [0.2, 0.25) is 0 Å². The van der Waals surface area contributed by atoms with Gasteiger partial charge in [0.05, 0.1) is 39.0 Å². The van der Waals surface area contributed by atoms with Crippen molar-refractivity contribution in [3.63, 3.8) is 0 Å². The normalized spacial score (nSPS) is 15.7. The Hall–Kier alpha value is -0.460. The molecular formula is C31H65NO6P+. The number of unbranched alkanes of at least 4 members (excludes halogenated alkanes) is 9. The second kappa shape index (κ2) is 25.3. The fourth-order valence-corrected chi connectivity index (χ4v) is 6.11. The van der Waals surface area contributed by atoms with Crippen LogP contribution in [0.1, 0.15) is 131 Å². The number of esters is 1. The maximum atomic E-state index is 12.5. The van der Waals surface area contributed by atoms with Crippen LogP contribution in [0.4, 0.5) is 0 Å². The highest BCUT2D eigenvalue weighted by atomic mass is 31.2. The molecule has 0 aromatic carbocycles. The molecule has 39 heavy (non-hydrogen) atoms. The zero-order chi connectivity index (χ0) is 29.4. The summed E-state index contributed by atoms with van der Waals surface area (Å²) in [6.07, 6.45) is 16.4. The van der Waals surface area contributed by atoms with E-state index in [1.54, 1.807) is 0 Å². The first-order chi connectivity index (χ1) is 18.7. The third-order valence-electron chi connectivity index (χ3n) is 7.52. The molecule has 234 valence electrons. The van der Waals surface area contributed by atoms with Crippen molar-refractivity contribution in [1.82, 2.24) is 0 Å². The summed E-state index contributed by atoms with van der Waals surface area (Å²) in [5, 5.41) is 0. The number of carbonyl (C=O) groups is 1. The molecule has 4 atom stereocenters. The van der Waals surface area contributed by atoms with E-state index in [1.165, 1.54) is 75.5 Å². The summed E-state index contributed by atoms with van der Waals surface area (Å²) >= 11 is 0. The Morgan fingerprint density at radius 1 is 0.795 bits per heavy atom. The summed E-state index contributed by atoms with van der Waals surface area (Å²) in [4.78, 5) is 23.6. The first-order valence-electron chi connectivity index (χ1n) is 16.2. The Balaban J connectivity index is 4.28. The van der Waals surface area contributed by atoms with E-state index in [0.29, 0.717) is 37.8 Å². The fourth-order valence-electron chi connectivity index (χ4n) is 4.99. The quantitative estimate of drug-likeness (QED) is 0.0602. The van der Waals surface area contributed by atoms with Crippen LogP contribution in [0, 0.1) is 11.8 Å². The molecule has 0 rings (SSSR count). The van der Waals surface area contributed by atoms with Gasteiger partial charge in [-0.25, -0.2) is 0 Å². The lowest BCUT2D eigenvalue weighted by molar-refractivity contribution is -0.893. The number of hydrogen-bond donors (Lipinski definition) is 2. The number of quaternary nitrogens is 1.